The Morgan fingerprint density at radius 3 is 2.95 bits per heavy atom. The number of carbonyl (C=O) groups excluding carboxylic acids is 1. The quantitative estimate of drug-likeness (QED) is 0.761. The normalized spacial score (nSPS) is 12.5. The minimum absolute atomic E-state index is 0.266. The minimum Gasteiger partial charge on any atom is -0.450 e. The molecular weight excluding hydrogens is 336 g/mol. The second-order valence-electron chi connectivity index (χ2n) is 4.84. The Labute approximate surface area is 129 Å². The van der Waals surface area contributed by atoms with Gasteiger partial charge in [0.2, 0.25) is 0 Å². The fraction of sp³-hybridized carbons (Fsp3) is 0.214. The Balaban J connectivity index is 1.86. The van der Waals surface area contributed by atoms with E-state index in [0.717, 1.165) is 15.4 Å². The largest absolute Gasteiger partial charge is 0.450 e. The van der Waals surface area contributed by atoms with Gasteiger partial charge in [0.1, 0.15) is 17.7 Å². The number of H-pyrrole nitrogens is 1. The molecule has 21 heavy (non-hydrogen) atoms. The molecule has 108 valence electrons. The van der Waals surface area contributed by atoms with Crippen LogP contribution in [0.15, 0.2) is 33.4 Å². The lowest BCUT2D eigenvalue weighted by Gasteiger charge is -2.08. The molecule has 3 rings (SSSR count). The molecule has 3 aromatic rings. The number of hydrogen-bond donors (Lipinski definition) is 2. The maximum absolute atomic E-state index is 12.2. The summed E-state index contributed by atoms with van der Waals surface area (Å²) in [5.74, 6) is 0.568. The van der Waals surface area contributed by atoms with Crippen molar-refractivity contribution in [3.8, 4) is 0 Å². The van der Waals surface area contributed by atoms with Crippen LogP contribution in [-0.2, 0) is 0 Å². The summed E-state index contributed by atoms with van der Waals surface area (Å²) in [6, 6.07) is 5.37. The van der Waals surface area contributed by atoms with Gasteiger partial charge in [0.05, 0.1) is 10.5 Å². The summed E-state index contributed by atoms with van der Waals surface area (Å²) in [7, 11) is 0. The predicted molar refractivity (Wildman–Crippen MR) is 80.9 cm³/mol. The van der Waals surface area contributed by atoms with Crippen LogP contribution >= 0.6 is 15.9 Å². The van der Waals surface area contributed by atoms with Crippen molar-refractivity contribution in [2.45, 2.75) is 19.9 Å². The van der Waals surface area contributed by atoms with E-state index >= 15 is 0 Å². The summed E-state index contributed by atoms with van der Waals surface area (Å²) in [5.41, 5.74) is 1.76. The van der Waals surface area contributed by atoms with Crippen molar-refractivity contribution >= 4 is 32.8 Å². The monoisotopic (exact) mass is 348 g/mol. The summed E-state index contributed by atoms with van der Waals surface area (Å²) in [5, 5.41) is 10.2. The third-order valence-corrected chi connectivity index (χ3v) is 3.72. The number of hydrogen-bond acceptors (Lipinski definition) is 4. The van der Waals surface area contributed by atoms with E-state index in [4.69, 9.17) is 4.42 Å². The zero-order chi connectivity index (χ0) is 15.0. The number of aromatic nitrogens is 3. The van der Waals surface area contributed by atoms with E-state index in [1.54, 1.807) is 6.07 Å². The SMILES string of the molecule is Cc1cc(Br)c2oc(C(=O)NC(C)c3ncn[nH]3)cc2c1. The van der Waals surface area contributed by atoms with Gasteiger partial charge in [-0.05, 0) is 53.5 Å². The molecule has 0 aliphatic heterocycles. The molecule has 0 bridgehead atoms. The summed E-state index contributed by atoms with van der Waals surface area (Å²) in [4.78, 5) is 16.2. The van der Waals surface area contributed by atoms with Crippen molar-refractivity contribution in [2.75, 3.05) is 0 Å². The number of aromatic amines is 1. The summed E-state index contributed by atoms with van der Waals surface area (Å²) in [6.45, 7) is 3.81. The Kier molecular flexibility index (Phi) is 3.50. The maximum atomic E-state index is 12.2. The Morgan fingerprint density at radius 1 is 1.43 bits per heavy atom. The maximum Gasteiger partial charge on any atom is 0.287 e. The molecule has 7 heteroatoms. The molecule has 0 fully saturated rings. The molecule has 2 aromatic heterocycles. The van der Waals surface area contributed by atoms with Gasteiger partial charge in [-0.15, -0.1) is 0 Å². The first kappa shape index (κ1) is 13.8. The number of fused-ring (bicyclic) bond motifs is 1. The summed E-state index contributed by atoms with van der Waals surface area (Å²) < 4.78 is 6.46. The average Bonchev–Trinajstić information content (AvgIpc) is 3.07. The first-order valence-corrected chi connectivity index (χ1v) is 7.19. The first-order valence-electron chi connectivity index (χ1n) is 6.40. The van der Waals surface area contributed by atoms with E-state index < -0.39 is 0 Å². The average molecular weight is 349 g/mol. The predicted octanol–water partition coefficient (Wildman–Crippen LogP) is 3.11. The van der Waals surface area contributed by atoms with Gasteiger partial charge in [0, 0.05) is 5.39 Å². The lowest BCUT2D eigenvalue weighted by Crippen LogP contribution is -2.27. The highest BCUT2D eigenvalue weighted by Crippen LogP contribution is 2.28. The highest BCUT2D eigenvalue weighted by atomic mass is 79.9. The van der Waals surface area contributed by atoms with Crippen LogP contribution in [0, 0.1) is 6.92 Å². The number of amides is 1. The second-order valence-corrected chi connectivity index (χ2v) is 5.70. The molecule has 1 amide bonds. The van der Waals surface area contributed by atoms with Crippen LogP contribution in [0.25, 0.3) is 11.0 Å². The molecule has 0 spiro atoms. The molecular formula is C14H13BrN4O2. The van der Waals surface area contributed by atoms with Crippen LogP contribution in [0.5, 0.6) is 0 Å². The van der Waals surface area contributed by atoms with Crippen LogP contribution in [0.3, 0.4) is 0 Å². The van der Waals surface area contributed by atoms with E-state index in [2.05, 4.69) is 36.4 Å². The standard InChI is InChI=1S/C14H13BrN4O2/c1-7-3-9-5-11(21-12(9)10(15)4-7)14(20)18-8(2)13-16-6-17-19-13/h3-6,8H,1-2H3,(H,18,20)(H,16,17,19). The number of rotatable bonds is 3. The summed E-state index contributed by atoms with van der Waals surface area (Å²) >= 11 is 3.44. The van der Waals surface area contributed by atoms with Crippen molar-refractivity contribution in [3.05, 3.63) is 46.1 Å². The zero-order valence-corrected chi connectivity index (χ0v) is 13.1. The zero-order valence-electron chi connectivity index (χ0n) is 11.5. The number of halogens is 1. The Hall–Kier alpha value is -2.15. The molecule has 0 aliphatic carbocycles. The second kappa shape index (κ2) is 5.33. The van der Waals surface area contributed by atoms with Crippen LogP contribution in [-0.4, -0.2) is 21.1 Å². The van der Waals surface area contributed by atoms with Gasteiger partial charge >= 0.3 is 0 Å². The highest BCUT2D eigenvalue weighted by Gasteiger charge is 2.18. The fourth-order valence-electron chi connectivity index (χ4n) is 2.12. The van der Waals surface area contributed by atoms with Crippen LogP contribution in [0.1, 0.15) is 34.9 Å². The molecule has 0 aliphatic rings. The highest BCUT2D eigenvalue weighted by molar-refractivity contribution is 9.10. The molecule has 2 heterocycles. The van der Waals surface area contributed by atoms with Crippen molar-refractivity contribution in [1.29, 1.82) is 0 Å². The van der Waals surface area contributed by atoms with Crippen LogP contribution in [0.2, 0.25) is 0 Å². The van der Waals surface area contributed by atoms with E-state index in [0.29, 0.717) is 11.4 Å². The van der Waals surface area contributed by atoms with E-state index in [9.17, 15) is 4.79 Å². The minimum atomic E-state index is -0.292. The third kappa shape index (κ3) is 2.69. The number of nitrogens with one attached hydrogen (secondary N) is 2. The third-order valence-electron chi connectivity index (χ3n) is 3.13. The number of benzene rings is 1. The van der Waals surface area contributed by atoms with Gasteiger partial charge in [0.15, 0.2) is 5.76 Å². The van der Waals surface area contributed by atoms with Crippen molar-refractivity contribution < 1.29 is 9.21 Å². The fourth-order valence-corrected chi connectivity index (χ4v) is 2.79. The van der Waals surface area contributed by atoms with Crippen molar-refractivity contribution in [3.63, 3.8) is 0 Å². The number of nitrogens with zero attached hydrogens (tertiary/aromatic N) is 2. The number of aryl methyl sites for hydroxylation is 1. The van der Waals surface area contributed by atoms with Gasteiger partial charge in [-0.2, -0.15) is 5.10 Å². The Morgan fingerprint density at radius 2 is 2.24 bits per heavy atom. The lowest BCUT2D eigenvalue weighted by molar-refractivity contribution is 0.0912. The van der Waals surface area contributed by atoms with Gasteiger partial charge in [-0.1, -0.05) is 0 Å². The molecule has 1 atom stereocenters. The molecule has 1 unspecified atom stereocenters. The van der Waals surface area contributed by atoms with Crippen LogP contribution in [0.4, 0.5) is 0 Å². The number of furan rings is 1. The molecule has 6 nitrogen and oxygen atoms in total. The molecule has 1 aromatic carbocycles. The first-order chi connectivity index (χ1) is 10.0. The van der Waals surface area contributed by atoms with E-state index in [1.165, 1.54) is 6.33 Å². The van der Waals surface area contributed by atoms with Gasteiger partial charge in [0.25, 0.3) is 5.91 Å². The van der Waals surface area contributed by atoms with E-state index in [1.807, 2.05) is 26.0 Å². The van der Waals surface area contributed by atoms with Gasteiger partial charge in [-0.25, -0.2) is 4.98 Å². The van der Waals surface area contributed by atoms with Crippen molar-refractivity contribution in [1.82, 2.24) is 20.5 Å². The topological polar surface area (TPSA) is 83.8 Å². The van der Waals surface area contributed by atoms with E-state index in [-0.39, 0.29) is 17.7 Å². The lowest BCUT2D eigenvalue weighted by atomic mass is 10.2. The number of carbonyl (C=O) groups is 1. The van der Waals surface area contributed by atoms with Crippen LogP contribution < -0.4 is 5.32 Å². The van der Waals surface area contributed by atoms with Crippen molar-refractivity contribution in [2.24, 2.45) is 0 Å². The Bertz CT molecular complexity index is 795. The summed E-state index contributed by atoms with van der Waals surface area (Å²) in [6.07, 6.45) is 1.40. The molecule has 0 saturated carbocycles. The smallest absolute Gasteiger partial charge is 0.287 e. The van der Waals surface area contributed by atoms with Gasteiger partial charge in [-0.3, -0.25) is 9.89 Å². The molecule has 0 radical (unpaired) electrons. The molecule has 0 saturated heterocycles. The molecule has 2 N–H and O–H groups in total. The van der Waals surface area contributed by atoms with Gasteiger partial charge < -0.3 is 9.73 Å².